The highest BCUT2D eigenvalue weighted by atomic mass is 19.1. The van der Waals surface area contributed by atoms with E-state index in [-0.39, 0.29) is 12.5 Å². The molecule has 0 atom stereocenters. The maximum absolute atomic E-state index is 15.7. The van der Waals surface area contributed by atoms with Gasteiger partial charge in [0.25, 0.3) is 0 Å². The van der Waals surface area contributed by atoms with Crippen molar-refractivity contribution in [3.05, 3.63) is 53.7 Å². The monoisotopic (exact) mass is 465 g/mol. The molecule has 4 aromatic rings. The fraction of sp³-hybridized carbons (Fsp3) is 0.360. The van der Waals surface area contributed by atoms with Crippen molar-refractivity contribution in [2.45, 2.75) is 44.7 Å². The Balaban J connectivity index is 1.67. The number of aliphatic hydroxyl groups excluding tert-OH is 1. The summed E-state index contributed by atoms with van der Waals surface area (Å²) >= 11 is 0. The molecule has 7 nitrogen and oxygen atoms in total. The first kappa shape index (κ1) is 21.1. The second kappa shape index (κ2) is 7.27. The van der Waals surface area contributed by atoms with Crippen LogP contribution in [0.25, 0.3) is 27.7 Å². The van der Waals surface area contributed by atoms with Gasteiger partial charge in [-0.2, -0.15) is 0 Å². The molecular weight excluding hydrogens is 440 g/mol. The molecule has 1 aliphatic carbocycles. The molecule has 9 heteroatoms. The van der Waals surface area contributed by atoms with Crippen molar-refractivity contribution in [2.24, 2.45) is 0 Å². The molecular formula is C25H25F2N5O2. The summed E-state index contributed by atoms with van der Waals surface area (Å²) in [6, 6.07) is 6.05. The number of fused-ring (bicyclic) bond motifs is 4. The van der Waals surface area contributed by atoms with E-state index in [0.717, 1.165) is 24.1 Å². The predicted molar refractivity (Wildman–Crippen MR) is 124 cm³/mol. The number of halogens is 2. The van der Waals surface area contributed by atoms with Crippen LogP contribution >= 0.6 is 0 Å². The fourth-order valence-electron chi connectivity index (χ4n) is 5.04. The van der Waals surface area contributed by atoms with Crippen LogP contribution in [-0.4, -0.2) is 38.2 Å². The summed E-state index contributed by atoms with van der Waals surface area (Å²) in [5, 5.41) is 22.3. The van der Waals surface area contributed by atoms with E-state index in [0.29, 0.717) is 46.1 Å². The van der Waals surface area contributed by atoms with E-state index < -0.39 is 17.2 Å². The Morgan fingerprint density at radius 3 is 2.68 bits per heavy atom. The van der Waals surface area contributed by atoms with Crippen LogP contribution in [0.15, 0.2) is 30.5 Å². The molecule has 6 rings (SSSR count). The first-order valence-corrected chi connectivity index (χ1v) is 11.4. The minimum Gasteiger partial charge on any atom is -0.494 e. The smallest absolute Gasteiger partial charge is 0.163 e. The van der Waals surface area contributed by atoms with E-state index in [9.17, 15) is 9.50 Å². The average molecular weight is 466 g/mol. The summed E-state index contributed by atoms with van der Waals surface area (Å²) in [6.07, 6.45) is 3.81. The van der Waals surface area contributed by atoms with Crippen molar-refractivity contribution in [1.29, 1.82) is 0 Å². The van der Waals surface area contributed by atoms with Gasteiger partial charge in [0, 0.05) is 29.6 Å². The molecule has 176 valence electrons. The molecule has 0 bridgehead atoms. The minimum atomic E-state index is -0.645. The van der Waals surface area contributed by atoms with Crippen LogP contribution in [0.3, 0.4) is 0 Å². The lowest BCUT2D eigenvalue weighted by Gasteiger charge is -2.35. The van der Waals surface area contributed by atoms with Crippen molar-refractivity contribution in [3.8, 4) is 22.6 Å². The molecule has 1 aliphatic heterocycles. The number of anilines is 1. The largest absolute Gasteiger partial charge is 0.494 e. The maximum atomic E-state index is 15.7. The molecule has 0 saturated heterocycles. The molecule has 0 unspecified atom stereocenters. The quantitative estimate of drug-likeness (QED) is 0.447. The highest BCUT2D eigenvalue weighted by molar-refractivity contribution is 5.99. The lowest BCUT2D eigenvalue weighted by Crippen LogP contribution is -2.36. The summed E-state index contributed by atoms with van der Waals surface area (Å²) in [4.78, 5) is 0. The lowest BCUT2D eigenvalue weighted by atomic mass is 9.94. The number of nitrogens with one attached hydrogen (secondary N) is 1. The van der Waals surface area contributed by atoms with Gasteiger partial charge in [-0.25, -0.2) is 8.78 Å². The van der Waals surface area contributed by atoms with E-state index in [1.165, 1.54) is 25.3 Å². The van der Waals surface area contributed by atoms with Crippen LogP contribution in [0, 0.1) is 11.6 Å². The first-order valence-electron chi connectivity index (χ1n) is 11.4. The van der Waals surface area contributed by atoms with Gasteiger partial charge in [-0.1, -0.05) is 0 Å². The van der Waals surface area contributed by atoms with Gasteiger partial charge < -0.3 is 19.7 Å². The Morgan fingerprint density at radius 2 is 1.97 bits per heavy atom. The number of benzene rings is 2. The molecule has 3 heterocycles. The highest BCUT2D eigenvalue weighted by Gasteiger charge is 2.42. The molecule has 1 fully saturated rings. The summed E-state index contributed by atoms with van der Waals surface area (Å²) in [7, 11) is 1.53. The van der Waals surface area contributed by atoms with Crippen LogP contribution in [0.2, 0.25) is 0 Å². The Hall–Kier alpha value is -3.46. The number of hydrogen-bond acceptors (Lipinski definition) is 5. The normalized spacial score (nSPS) is 16.3. The third-order valence-corrected chi connectivity index (χ3v) is 6.75. The molecule has 2 aromatic carbocycles. The van der Waals surface area contributed by atoms with Crippen molar-refractivity contribution >= 4 is 16.6 Å². The van der Waals surface area contributed by atoms with E-state index in [2.05, 4.69) is 15.5 Å². The zero-order valence-corrected chi connectivity index (χ0v) is 19.2. The van der Waals surface area contributed by atoms with Crippen LogP contribution in [0.1, 0.15) is 44.3 Å². The third-order valence-electron chi connectivity index (χ3n) is 6.75. The Kier molecular flexibility index (Phi) is 4.51. The second-order valence-electron chi connectivity index (χ2n) is 9.52. The summed E-state index contributed by atoms with van der Waals surface area (Å²) in [5.41, 5.74) is 1.74. The maximum Gasteiger partial charge on any atom is 0.163 e. The zero-order chi connectivity index (χ0) is 23.8. The number of methoxy groups -OCH3 is 1. The Morgan fingerprint density at radius 1 is 1.18 bits per heavy atom. The van der Waals surface area contributed by atoms with Gasteiger partial charge >= 0.3 is 0 Å². The molecule has 2 N–H and O–H groups in total. The van der Waals surface area contributed by atoms with E-state index in [1.54, 1.807) is 10.8 Å². The summed E-state index contributed by atoms with van der Waals surface area (Å²) < 4.78 is 40.1. The molecule has 2 aliphatic rings. The number of ether oxygens (including phenoxy) is 1. The average Bonchev–Trinajstić information content (AvgIpc) is 3.41. The molecule has 0 spiro atoms. The Labute approximate surface area is 195 Å². The number of aliphatic hydroxyl groups is 1. The van der Waals surface area contributed by atoms with Crippen LogP contribution in [0.5, 0.6) is 5.75 Å². The van der Waals surface area contributed by atoms with Gasteiger partial charge in [-0.15, -0.1) is 10.2 Å². The molecule has 0 amide bonds. The number of aromatic nitrogens is 4. The van der Waals surface area contributed by atoms with E-state index in [1.807, 2.05) is 24.5 Å². The van der Waals surface area contributed by atoms with Gasteiger partial charge in [-0.3, -0.25) is 4.57 Å². The van der Waals surface area contributed by atoms with Crippen molar-refractivity contribution in [1.82, 2.24) is 19.3 Å². The van der Waals surface area contributed by atoms with Crippen molar-refractivity contribution < 1.29 is 18.6 Å². The van der Waals surface area contributed by atoms with Gasteiger partial charge in [0.05, 0.1) is 30.5 Å². The Bertz CT molecular complexity index is 1450. The summed E-state index contributed by atoms with van der Waals surface area (Å²) in [5.74, 6) is 1.24. The molecule has 1 saturated carbocycles. The van der Waals surface area contributed by atoms with Gasteiger partial charge in [0.1, 0.15) is 23.1 Å². The highest BCUT2D eigenvalue weighted by Crippen LogP contribution is 2.51. The first-order chi connectivity index (χ1) is 16.3. The number of nitrogens with zero attached hydrogens (tertiary/aromatic N) is 4. The molecule has 2 aromatic heterocycles. The van der Waals surface area contributed by atoms with Crippen LogP contribution < -0.4 is 10.1 Å². The zero-order valence-electron chi connectivity index (χ0n) is 19.2. The standard InChI is InChI=1S/C25H25F2N5O2/c1-25(2)24-30-29-23(13-4-5-13)32(24)21-20(28-25)18(27)12-17(22(21)34-3)16-10-14(26)11-19-15(16)6-7-31(19)8-9-33/h6-7,10-13,28,33H,4-5,8-9H2,1-3H3. The number of rotatable bonds is 5. The van der Waals surface area contributed by atoms with E-state index >= 15 is 4.39 Å². The number of hydrogen-bond donors (Lipinski definition) is 2. The third kappa shape index (κ3) is 2.96. The van der Waals surface area contributed by atoms with Gasteiger partial charge in [0.15, 0.2) is 11.6 Å². The topological polar surface area (TPSA) is 77.1 Å². The van der Waals surface area contributed by atoms with Gasteiger partial charge in [0.2, 0.25) is 0 Å². The van der Waals surface area contributed by atoms with Crippen molar-refractivity contribution in [2.75, 3.05) is 19.0 Å². The van der Waals surface area contributed by atoms with Crippen LogP contribution in [-0.2, 0) is 12.1 Å². The predicted octanol–water partition coefficient (Wildman–Crippen LogP) is 4.71. The van der Waals surface area contributed by atoms with Gasteiger partial charge in [-0.05, 0) is 56.5 Å². The van der Waals surface area contributed by atoms with Crippen LogP contribution in [0.4, 0.5) is 14.5 Å². The molecule has 34 heavy (non-hydrogen) atoms. The minimum absolute atomic E-state index is 0.0752. The van der Waals surface area contributed by atoms with E-state index in [4.69, 9.17) is 4.74 Å². The second-order valence-corrected chi connectivity index (χ2v) is 9.52. The van der Waals surface area contributed by atoms with Crippen molar-refractivity contribution in [3.63, 3.8) is 0 Å². The fourth-order valence-corrected chi connectivity index (χ4v) is 5.04. The lowest BCUT2D eigenvalue weighted by molar-refractivity contribution is 0.278. The SMILES string of the molecule is COc1c(-c2cc(F)cc3c2ccn3CCO)cc(F)c2c1-n1c(C3CC3)nnc1C(C)(C)N2. The molecule has 0 radical (unpaired) electrons. The summed E-state index contributed by atoms with van der Waals surface area (Å²) in [6.45, 7) is 4.13.